The molecule has 4 N–H and O–H groups in total. The largest absolute Gasteiger partial charge is 0.508 e. The number of hydrogen-bond donors (Lipinski definition) is 4. The van der Waals surface area contributed by atoms with Gasteiger partial charge in [-0.25, -0.2) is 0 Å². The van der Waals surface area contributed by atoms with Gasteiger partial charge in [-0.1, -0.05) is 6.07 Å². The number of rotatable bonds is 1. The topological polar surface area (TPSA) is 80.9 Å². The molecule has 0 heterocycles. The van der Waals surface area contributed by atoms with Gasteiger partial charge in [0, 0.05) is 6.07 Å². The van der Waals surface area contributed by atoms with Crippen LogP contribution in [-0.2, 0) is 0 Å². The molecule has 27 heavy (non-hydrogen) atoms. The molecule has 4 heteroatoms. The summed E-state index contributed by atoms with van der Waals surface area (Å²) in [6.45, 7) is 9.52. The van der Waals surface area contributed by atoms with Crippen molar-refractivity contribution in [2.75, 3.05) is 0 Å². The van der Waals surface area contributed by atoms with Gasteiger partial charge in [0.2, 0.25) is 0 Å². The van der Waals surface area contributed by atoms with Crippen LogP contribution in [0, 0.1) is 34.6 Å². The predicted molar refractivity (Wildman–Crippen MR) is 109 cm³/mol. The zero-order valence-corrected chi connectivity index (χ0v) is 16.3. The second-order valence-corrected chi connectivity index (χ2v) is 6.88. The number of phenolic OH excluding ortho intramolecular Hbond substituents is 4. The van der Waals surface area contributed by atoms with Crippen LogP contribution in [0.3, 0.4) is 0 Å². The third kappa shape index (κ3) is 4.73. The first-order chi connectivity index (χ1) is 12.6. The number of hydrogen-bond acceptors (Lipinski definition) is 4. The Morgan fingerprint density at radius 2 is 0.852 bits per heavy atom. The van der Waals surface area contributed by atoms with Crippen LogP contribution < -0.4 is 0 Å². The lowest BCUT2D eigenvalue weighted by Gasteiger charge is -2.13. The standard InChI is InChI=1S/C16H18O2.C7H8O2/c1-9-7-15(17)11(3)5-13(9)14-6-12(4)16(18)8-10(14)2;1-5-2-3-6(8)4-7(5)9/h5-8,17-18H,1-4H3;2-4,8-9H,1H3. The number of phenols is 4. The third-order valence-corrected chi connectivity index (χ3v) is 4.57. The van der Waals surface area contributed by atoms with E-state index in [0.29, 0.717) is 11.5 Å². The maximum atomic E-state index is 9.70. The van der Waals surface area contributed by atoms with E-state index in [1.54, 1.807) is 25.1 Å². The summed E-state index contributed by atoms with van der Waals surface area (Å²) >= 11 is 0. The molecule has 0 spiro atoms. The fourth-order valence-corrected chi connectivity index (χ4v) is 2.78. The Labute approximate surface area is 160 Å². The Bertz CT molecular complexity index is 919. The Kier molecular flexibility index (Phi) is 6.01. The first-order valence-electron chi connectivity index (χ1n) is 8.69. The normalized spacial score (nSPS) is 10.3. The molecule has 0 saturated carbocycles. The van der Waals surface area contributed by atoms with Gasteiger partial charge in [0.15, 0.2) is 0 Å². The maximum absolute atomic E-state index is 9.70. The average molecular weight is 366 g/mol. The molecule has 3 rings (SSSR count). The van der Waals surface area contributed by atoms with Crippen LogP contribution in [0.5, 0.6) is 23.0 Å². The summed E-state index contributed by atoms with van der Waals surface area (Å²) < 4.78 is 0. The van der Waals surface area contributed by atoms with Crippen molar-refractivity contribution in [3.63, 3.8) is 0 Å². The highest BCUT2D eigenvalue weighted by Gasteiger charge is 2.10. The molecule has 3 aromatic carbocycles. The van der Waals surface area contributed by atoms with E-state index < -0.39 is 0 Å². The van der Waals surface area contributed by atoms with Crippen molar-refractivity contribution in [1.82, 2.24) is 0 Å². The molecule has 0 aliphatic rings. The lowest BCUT2D eigenvalue weighted by atomic mass is 9.93. The summed E-state index contributed by atoms with van der Waals surface area (Å²) in [5.74, 6) is 0.877. The molecule has 0 amide bonds. The zero-order chi connectivity index (χ0) is 20.3. The van der Waals surface area contributed by atoms with Crippen LogP contribution in [0.1, 0.15) is 27.8 Å². The molecule has 0 aliphatic carbocycles. The average Bonchev–Trinajstić information content (AvgIpc) is 2.59. The SMILES string of the molecule is Cc1cc(-c2cc(C)c(O)cc2C)c(C)cc1O.Cc1ccc(O)cc1O. The highest BCUT2D eigenvalue weighted by atomic mass is 16.3. The van der Waals surface area contributed by atoms with E-state index in [4.69, 9.17) is 10.2 Å². The van der Waals surface area contributed by atoms with Crippen LogP contribution in [0.2, 0.25) is 0 Å². The van der Waals surface area contributed by atoms with Crippen molar-refractivity contribution in [2.45, 2.75) is 34.6 Å². The van der Waals surface area contributed by atoms with Crippen LogP contribution in [0.4, 0.5) is 0 Å². The van der Waals surface area contributed by atoms with Gasteiger partial charge in [-0.3, -0.25) is 0 Å². The number of aryl methyl sites for hydroxylation is 5. The molecule has 4 nitrogen and oxygen atoms in total. The molecule has 0 aliphatic heterocycles. The summed E-state index contributed by atoms with van der Waals surface area (Å²) in [5, 5.41) is 37.1. The number of benzene rings is 3. The smallest absolute Gasteiger partial charge is 0.122 e. The Morgan fingerprint density at radius 3 is 1.22 bits per heavy atom. The minimum atomic E-state index is 0.0955. The molecular formula is C23H26O4. The Balaban J connectivity index is 0.000000244. The van der Waals surface area contributed by atoms with Gasteiger partial charge in [0.05, 0.1) is 0 Å². The second kappa shape index (κ2) is 8.04. The predicted octanol–water partition coefficient (Wildman–Crippen LogP) is 5.40. The van der Waals surface area contributed by atoms with E-state index >= 15 is 0 Å². The quantitative estimate of drug-likeness (QED) is 0.464. The van der Waals surface area contributed by atoms with Crippen molar-refractivity contribution >= 4 is 0 Å². The first-order valence-corrected chi connectivity index (χ1v) is 8.69. The molecule has 142 valence electrons. The minimum absolute atomic E-state index is 0.0955. The minimum Gasteiger partial charge on any atom is -0.508 e. The first kappa shape index (κ1) is 20.2. The van der Waals surface area contributed by atoms with Gasteiger partial charge >= 0.3 is 0 Å². The highest BCUT2D eigenvalue weighted by Crippen LogP contribution is 2.34. The van der Waals surface area contributed by atoms with Crippen molar-refractivity contribution in [3.05, 3.63) is 70.3 Å². The summed E-state index contributed by atoms with van der Waals surface area (Å²) in [6, 6.07) is 12.1. The van der Waals surface area contributed by atoms with Gasteiger partial charge in [0.1, 0.15) is 23.0 Å². The molecular weight excluding hydrogens is 340 g/mol. The monoisotopic (exact) mass is 366 g/mol. The van der Waals surface area contributed by atoms with Crippen molar-refractivity contribution < 1.29 is 20.4 Å². The van der Waals surface area contributed by atoms with E-state index in [9.17, 15) is 10.2 Å². The molecule has 3 aromatic rings. The van der Waals surface area contributed by atoms with Crippen LogP contribution in [0.15, 0.2) is 42.5 Å². The van der Waals surface area contributed by atoms with E-state index in [-0.39, 0.29) is 11.5 Å². The summed E-state index contributed by atoms with van der Waals surface area (Å²) in [5.41, 5.74) is 6.77. The Hall–Kier alpha value is -3.14. The Morgan fingerprint density at radius 1 is 0.444 bits per heavy atom. The molecule has 0 fully saturated rings. The van der Waals surface area contributed by atoms with E-state index in [0.717, 1.165) is 38.9 Å². The van der Waals surface area contributed by atoms with E-state index in [1.165, 1.54) is 12.1 Å². The third-order valence-electron chi connectivity index (χ3n) is 4.57. The molecule has 0 bridgehead atoms. The van der Waals surface area contributed by atoms with Gasteiger partial charge in [-0.15, -0.1) is 0 Å². The van der Waals surface area contributed by atoms with Gasteiger partial charge < -0.3 is 20.4 Å². The molecule has 0 aromatic heterocycles. The lowest BCUT2D eigenvalue weighted by Crippen LogP contribution is -1.90. The molecule has 0 saturated heterocycles. The van der Waals surface area contributed by atoms with Crippen LogP contribution >= 0.6 is 0 Å². The van der Waals surface area contributed by atoms with E-state index in [1.807, 2.05) is 39.8 Å². The molecule has 0 atom stereocenters. The highest BCUT2D eigenvalue weighted by molar-refractivity contribution is 5.73. The van der Waals surface area contributed by atoms with Gasteiger partial charge in [-0.05, 0) is 104 Å². The molecule has 0 radical (unpaired) electrons. The van der Waals surface area contributed by atoms with Gasteiger partial charge in [-0.2, -0.15) is 0 Å². The van der Waals surface area contributed by atoms with Gasteiger partial charge in [0.25, 0.3) is 0 Å². The maximum Gasteiger partial charge on any atom is 0.122 e. The van der Waals surface area contributed by atoms with Crippen molar-refractivity contribution in [2.24, 2.45) is 0 Å². The summed E-state index contributed by atoms with van der Waals surface area (Å²) in [7, 11) is 0. The summed E-state index contributed by atoms with van der Waals surface area (Å²) in [6.07, 6.45) is 0. The fraction of sp³-hybridized carbons (Fsp3) is 0.217. The van der Waals surface area contributed by atoms with Crippen molar-refractivity contribution in [3.8, 4) is 34.1 Å². The van der Waals surface area contributed by atoms with Crippen LogP contribution in [0.25, 0.3) is 11.1 Å². The van der Waals surface area contributed by atoms with Crippen LogP contribution in [-0.4, -0.2) is 20.4 Å². The van der Waals surface area contributed by atoms with Crippen molar-refractivity contribution in [1.29, 1.82) is 0 Å². The lowest BCUT2D eigenvalue weighted by molar-refractivity contribution is 0.448. The second-order valence-electron chi connectivity index (χ2n) is 6.88. The fourth-order valence-electron chi connectivity index (χ4n) is 2.78. The molecule has 0 unspecified atom stereocenters. The number of aromatic hydroxyl groups is 4. The zero-order valence-electron chi connectivity index (χ0n) is 16.3. The summed E-state index contributed by atoms with van der Waals surface area (Å²) in [4.78, 5) is 0. The van der Waals surface area contributed by atoms with E-state index in [2.05, 4.69) is 0 Å².